The molecule has 23 heavy (non-hydrogen) atoms. The minimum atomic E-state index is -0.726. The first-order valence-electron chi connectivity index (χ1n) is 7.87. The standard InChI is InChI=1S/C17H24N2O4/c1-12-3-4-13(2)15(9-12)23-10-16(20)18-11-19-7-5-14(6-8-19)17(21)22/h3-4,9,14H,5-8,10-11H2,1-2H3,(H,18,20)(H,21,22). The third-order valence-corrected chi connectivity index (χ3v) is 4.14. The number of piperidine rings is 1. The molecule has 1 saturated heterocycles. The first-order chi connectivity index (χ1) is 11.0. The van der Waals surface area contributed by atoms with Crippen LogP contribution in [0.5, 0.6) is 5.75 Å². The first-order valence-corrected chi connectivity index (χ1v) is 7.87. The summed E-state index contributed by atoms with van der Waals surface area (Å²) in [7, 11) is 0. The molecule has 126 valence electrons. The number of benzene rings is 1. The van der Waals surface area contributed by atoms with E-state index >= 15 is 0 Å². The van der Waals surface area contributed by atoms with Crippen LogP contribution >= 0.6 is 0 Å². The largest absolute Gasteiger partial charge is 0.483 e. The van der Waals surface area contributed by atoms with Crippen LogP contribution in [0.4, 0.5) is 0 Å². The van der Waals surface area contributed by atoms with Gasteiger partial charge in [0.15, 0.2) is 6.61 Å². The molecule has 0 aliphatic carbocycles. The van der Waals surface area contributed by atoms with E-state index in [1.54, 1.807) is 0 Å². The number of carboxylic acids is 1. The minimum Gasteiger partial charge on any atom is -0.483 e. The Morgan fingerprint density at radius 3 is 2.65 bits per heavy atom. The summed E-state index contributed by atoms with van der Waals surface area (Å²) in [5, 5.41) is 11.8. The van der Waals surface area contributed by atoms with Gasteiger partial charge in [-0.1, -0.05) is 12.1 Å². The SMILES string of the molecule is Cc1ccc(C)c(OCC(=O)NCN2CCC(C(=O)O)CC2)c1. The van der Waals surface area contributed by atoms with Crippen LogP contribution < -0.4 is 10.1 Å². The van der Waals surface area contributed by atoms with Crippen LogP contribution in [0.1, 0.15) is 24.0 Å². The number of rotatable bonds is 6. The molecule has 6 nitrogen and oxygen atoms in total. The Bertz CT molecular complexity index is 566. The summed E-state index contributed by atoms with van der Waals surface area (Å²) >= 11 is 0. The highest BCUT2D eigenvalue weighted by Gasteiger charge is 2.24. The van der Waals surface area contributed by atoms with E-state index in [1.807, 2.05) is 32.0 Å². The molecule has 2 N–H and O–H groups in total. The molecule has 0 spiro atoms. The summed E-state index contributed by atoms with van der Waals surface area (Å²) in [4.78, 5) is 24.8. The molecule has 6 heteroatoms. The lowest BCUT2D eigenvalue weighted by atomic mass is 9.97. The van der Waals surface area contributed by atoms with E-state index in [-0.39, 0.29) is 18.4 Å². The number of carbonyl (C=O) groups excluding carboxylic acids is 1. The second-order valence-electron chi connectivity index (χ2n) is 6.05. The molecule has 1 heterocycles. The van der Waals surface area contributed by atoms with Gasteiger partial charge in [-0.3, -0.25) is 14.5 Å². The van der Waals surface area contributed by atoms with E-state index in [9.17, 15) is 9.59 Å². The zero-order valence-corrected chi connectivity index (χ0v) is 13.7. The Balaban J connectivity index is 1.70. The molecule has 0 atom stereocenters. The van der Waals surface area contributed by atoms with E-state index in [2.05, 4.69) is 10.2 Å². The maximum Gasteiger partial charge on any atom is 0.306 e. The Kier molecular flexibility index (Phi) is 5.98. The Morgan fingerprint density at radius 2 is 2.00 bits per heavy atom. The molecule has 1 fully saturated rings. The van der Waals surface area contributed by atoms with E-state index in [4.69, 9.17) is 9.84 Å². The quantitative estimate of drug-likeness (QED) is 0.831. The van der Waals surface area contributed by atoms with Gasteiger partial charge >= 0.3 is 5.97 Å². The monoisotopic (exact) mass is 320 g/mol. The summed E-state index contributed by atoms with van der Waals surface area (Å²) in [5.41, 5.74) is 2.09. The molecule has 1 amide bonds. The third-order valence-electron chi connectivity index (χ3n) is 4.14. The molecular weight excluding hydrogens is 296 g/mol. The number of carboxylic acid groups (broad SMARTS) is 1. The third kappa shape index (κ3) is 5.25. The van der Waals surface area contributed by atoms with Crippen molar-refractivity contribution in [1.29, 1.82) is 0 Å². The fraction of sp³-hybridized carbons (Fsp3) is 0.529. The zero-order valence-electron chi connectivity index (χ0n) is 13.7. The van der Waals surface area contributed by atoms with Gasteiger partial charge in [-0.15, -0.1) is 0 Å². The van der Waals surface area contributed by atoms with Gasteiger partial charge in [-0.25, -0.2) is 0 Å². The maximum atomic E-state index is 11.9. The summed E-state index contributed by atoms with van der Waals surface area (Å²) < 4.78 is 5.56. The van der Waals surface area contributed by atoms with Crippen LogP contribution in [-0.4, -0.2) is 48.2 Å². The maximum absolute atomic E-state index is 11.9. The average molecular weight is 320 g/mol. The lowest BCUT2D eigenvalue weighted by Gasteiger charge is -2.29. The highest BCUT2D eigenvalue weighted by molar-refractivity contribution is 5.77. The van der Waals surface area contributed by atoms with Crippen LogP contribution in [0.25, 0.3) is 0 Å². The Morgan fingerprint density at radius 1 is 1.30 bits per heavy atom. The predicted octanol–water partition coefficient (Wildman–Crippen LogP) is 1.55. The lowest BCUT2D eigenvalue weighted by molar-refractivity contribution is -0.143. The molecule has 0 radical (unpaired) electrons. The Hall–Kier alpha value is -2.08. The van der Waals surface area contributed by atoms with Crippen molar-refractivity contribution in [3.63, 3.8) is 0 Å². The molecule has 1 aliphatic heterocycles. The smallest absolute Gasteiger partial charge is 0.306 e. The van der Waals surface area contributed by atoms with Gasteiger partial charge in [-0.2, -0.15) is 0 Å². The molecule has 1 aromatic rings. The van der Waals surface area contributed by atoms with Crippen molar-refractivity contribution in [3.8, 4) is 5.75 Å². The number of hydrogen-bond donors (Lipinski definition) is 2. The van der Waals surface area contributed by atoms with Gasteiger partial charge in [0.1, 0.15) is 5.75 Å². The number of ether oxygens (including phenoxy) is 1. The van der Waals surface area contributed by atoms with E-state index in [0.717, 1.165) is 16.9 Å². The number of likely N-dealkylation sites (tertiary alicyclic amines) is 1. The normalized spacial score (nSPS) is 16.1. The van der Waals surface area contributed by atoms with Gasteiger partial charge in [0.2, 0.25) is 0 Å². The summed E-state index contributed by atoms with van der Waals surface area (Å²) in [5.74, 6) is -0.432. The van der Waals surface area contributed by atoms with Crippen molar-refractivity contribution < 1.29 is 19.4 Å². The Labute approximate surface area is 136 Å². The molecule has 0 saturated carbocycles. The van der Waals surface area contributed by atoms with Crippen molar-refractivity contribution >= 4 is 11.9 Å². The second-order valence-corrected chi connectivity index (χ2v) is 6.05. The number of amides is 1. The van der Waals surface area contributed by atoms with Crippen molar-refractivity contribution in [3.05, 3.63) is 29.3 Å². The number of hydrogen-bond acceptors (Lipinski definition) is 4. The van der Waals surface area contributed by atoms with Crippen molar-refractivity contribution in [2.45, 2.75) is 26.7 Å². The first kappa shape index (κ1) is 17.3. The number of nitrogens with zero attached hydrogens (tertiary/aromatic N) is 1. The summed E-state index contributed by atoms with van der Waals surface area (Å²) in [6, 6.07) is 5.89. The lowest BCUT2D eigenvalue weighted by Crippen LogP contribution is -2.44. The molecule has 1 aliphatic rings. The van der Waals surface area contributed by atoms with Gasteiger partial charge in [0, 0.05) is 13.1 Å². The van der Waals surface area contributed by atoms with Crippen molar-refractivity contribution in [1.82, 2.24) is 10.2 Å². The number of nitrogens with one attached hydrogen (secondary N) is 1. The van der Waals surface area contributed by atoms with Gasteiger partial charge < -0.3 is 15.2 Å². The number of aliphatic carboxylic acids is 1. The summed E-state index contributed by atoms with van der Waals surface area (Å²) in [6.45, 7) is 5.72. The highest BCUT2D eigenvalue weighted by atomic mass is 16.5. The fourth-order valence-electron chi connectivity index (χ4n) is 2.60. The van der Waals surface area contributed by atoms with Crippen LogP contribution in [0, 0.1) is 19.8 Å². The molecule has 0 bridgehead atoms. The average Bonchev–Trinajstić information content (AvgIpc) is 2.54. The second kappa shape index (κ2) is 7.97. The van der Waals surface area contributed by atoms with E-state index < -0.39 is 5.97 Å². The van der Waals surface area contributed by atoms with Crippen LogP contribution in [-0.2, 0) is 9.59 Å². The molecule has 2 rings (SSSR count). The molecular formula is C17H24N2O4. The van der Waals surface area contributed by atoms with Gasteiger partial charge in [0.25, 0.3) is 5.91 Å². The van der Waals surface area contributed by atoms with Gasteiger partial charge in [-0.05, 0) is 43.9 Å². The predicted molar refractivity (Wildman–Crippen MR) is 86.4 cm³/mol. The highest BCUT2D eigenvalue weighted by Crippen LogP contribution is 2.19. The fourth-order valence-corrected chi connectivity index (χ4v) is 2.60. The topological polar surface area (TPSA) is 78.9 Å². The van der Waals surface area contributed by atoms with Crippen molar-refractivity contribution in [2.75, 3.05) is 26.4 Å². The minimum absolute atomic E-state index is 0.0180. The van der Waals surface area contributed by atoms with Crippen molar-refractivity contribution in [2.24, 2.45) is 5.92 Å². The zero-order chi connectivity index (χ0) is 16.8. The van der Waals surface area contributed by atoms with E-state index in [1.165, 1.54) is 0 Å². The van der Waals surface area contributed by atoms with E-state index in [0.29, 0.717) is 32.6 Å². The molecule has 0 unspecified atom stereocenters. The van der Waals surface area contributed by atoms with Crippen LogP contribution in [0.2, 0.25) is 0 Å². The number of carbonyl (C=O) groups is 2. The van der Waals surface area contributed by atoms with Crippen LogP contribution in [0.3, 0.4) is 0 Å². The summed E-state index contributed by atoms with van der Waals surface area (Å²) in [6.07, 6.45) is 1.26. The molecule has 1 aromatic carbocycles. The molecule has 0 aromatic heterocycles. The van der Waals surface area contributed by atoms with Gasteiger partial charge in [0.05, 0.1) is 12.6 Å². The van der Waals surface area contributed by atoms with Crippen LogP contribution in [0.15, 0.2) is 18.2 Å². The number of aryl methyl sites for hydroxylation is 2.